The van der Waals surface area contributed by atoms with Gasteiger partial charge in [0.2, 0.25) is 35.4 Å². The summed E-state index contributed by atoms with van der Waals surface area (Å²) >= 11 is 4.10. The zero-order valence-electron chi connectivity index (χ0n) is 29.4. The minimum Gasteiger partial charge on any atom is -0.516 e. The molecule has 0 aromatic heterocycles. The number of primary amides is 1. The van der Waals surface area contributed by atoms with Crippen LogP contribution in [-0.2, 0) is 28.8 Å². The fourth-order valence-electron chi connectivity index (χ4n) is 4.81. The minimum atomic E-state index is -1.30. The molecule has 17 nitrogen and oxygen atoms in total. The van der Waals surface area contributed by atoms with E-state index in [-0.39, 0.29) is 31.4 Å². The van der Waals surface area contributed by atoms with E-state index < -0.39 is 71.6 Å². The molecule has 0 aromatic carbocycles. The molecule has 0 saturated heterocycles. The smallest absolute Gasteiger partial charge is 0.247 e. The molecule has 0 bridgehead atoms. The maximum absolute atomic E-state index is 13.7. The van der Waals surface area contributed by atoms with Crippen LogP contribution in [0.15, 0.2) is 12.3 Å². The molecule has 0 aliphatic carbocycles. The van der Waals surface area contributed by atoms with Gasteiger partial charge in [0, 0.05) is 11.7 Å². The average Bonchev–Trinajstić information content (AvgIpc) is 3.09. The fraction of sp³-hybridized carbons (Fsp3) is 0.750. The molecule has 0 saturated carbocycles. The second-order valence-corrected chi connectivity index (χ2v) is 12.6. The second kappa shape index (κ2) is 28.3. The van der Waals surface area contributed by atoms with Gasteiger partial charge in [-0.15, -0.1) is 0 Å². The summed E-state index contributed by atoms with van der Waals surface area (Å²) in [6.45, 7) is 3.09. The number of amides is 6. The normalized spacial score (nSPS) is 14.8. The van der Waals surface area contributed by atoms with Crippen molar-refractivity contribution in [1.82, 2.24) is 26.6 Å². The maximum Gasteiger partial charge on any atom is 0.247 e. The number of rotatable bonds is 29. The Morgan fingerprint density at radius 2 is 0.900 bits per heavy atom. The number of hydrogen-bond donors (Lipinski definition) is 12. The standard InChI is InChI=1S/C32H62N10O7S/c1-21(20-50)28(45)39-26(14-19-43)32(49)42-25(13-5-9-18-36)31(48)41-24(12-4-8-17-35)30(47)40-23(11-3-7-16-34)29(46)38-22(27(37)44)10-2-6-15-33/h14,19,21-26,43,50H,2-13,15-18,20,33-36H2,1H3,(H2,37,44)(H,38,46)(H,39,45)(H,40,47)(H,41,48)(H,42,49)/b19-14+/t21-,22-,23-,24-,25-,26-/m0/s1. The van der Waals surface area contributed by atoms with Crippen molar-refractivity contribution in [3.63, 3.8) is 0 Å². The molecular weight excluding hydrogens is 668 g/mol. The highest BCUT2D eigenvalue weighted by Crippen LogP contribution is 2.09. The van der Waals surface area contributed by atoms with Crippen LogP contribution >= 0.6 is 12.6 Å². The van der Waals surface area contributed by atoms with Crippen molar-refractivity contribution in [2.24, 2.45) is 34.6 Å². The third-order valence-corrected chi connectivity index (χ3v) is 8.47. The minimum absolute atomic E-state index is 0.158. The van der Waals surface area contributed by atoms with Gasteiger partial charge in [0.1, 0.15) is 30.2 Å². The Morgan fingerprint density at radius 3 is 1.22 bits per heavy atom. The predicted octanol–water partition coefficient (Wildman–Crippen LogP) is -1.95. The van der Waals surface area contributed by atoms with Gasteiger partial charge in [-0.1, -0.05) is 6.92 Å². The maximum atomic E-state index is 13.7. The third kappa shape index (κ3) is 19.7. The Morgan fingerprint density at radius 1 is 0.560 bits per heavy atom. The van der Waals surface area contributed by atoms with Crippen molar-refractivity contribution >= 4 is 48.1 Å². The van der Waals surface area contributed by atoms with Crippen LogP contribution in [0.25, 0.3) is 0 Å². The second-order valence-electron chi connectivity index (χ2n) is 12.2. The van der Waals surface area contributed by atoms with Gasteiger partial charge in [0.25, 0.3) is 0 Å². The Hall–Kier alpha value is -3.45. The van der Waals surface area contributed by atoms with Crippen LogP contribution in [0.3, 0.4) is 0 Å². The van der Waals surface area contributed by atoms with Crippen molar-refractivity contribution < 1.29 is 33.9 Å². The molecule has 0 aromatic rings. The zero-order chi connectivity index (χ0) is 37.9. The summed E-state index contributed by atoms with van der Waals surface area (Å²) in [6.07, 6.45) is 6.80. The average molecular weight is 731 g/mol. The van der Waals surface area contributed by atoms with Gasteiger partial charge in [0.15, 0.2) is 0 Å². The van der Waals surface area contributed by atoms with Crippen LogP contribution < -0.4 is 55.3 Å². The van der Waals surface area contributed by atoms with E-state index in [1.165, 1.54) is 0 Å². The quantitative estimate of drug-likeness (QED) is 0.0228. The first-order chi connectivity index (χ1) is 23.9. The van der Waals surface area contributed by atoms with Crippen molar-refractivity contribution in [1.29, 1.82) is 0 Å². The lowest BCUT2D eigenvalue weighted by molar-refractivity contribution is -0.135. The van der Waals surface area contributed by atoms with Gasteiger partial charge in [-0.3, -0.25) is 28.8 Å². The van der Waals surface area contributed by atoms with Crippen LogP contribution in [0.4, 0.5) is 0 Å². The molecule has 0 heterocycles. The highest BCUT2D eigenvalue weighted by atomic mass is 32.1. The first-order valence-corrected chi connectivity index (χ1v) is 18.1. The Balaban J connectivity index is 6.14. The van der Waals surface area contributed by atoms with Gasteiger partial charge >= 0.3 is 0 Å². The summed E-state index contributed by atoms with van der Waals surface area (Å²) in [5, 5.41) is 22.5. The first kappa shape index (κ1) is 46.5. The molecule has 288 valence electrons. The molecular formula is C32H62N10O7S. The summed E-state index contributed by atoms with van der Waals surface area (Å²) in [6, 6.07) is -5.57. The molecule has 18 heteroatoms. The Kier molecular flexibility index (Phi) is 26.3. The zero-order valence-corrected chi connectivity index (χ0v) is 30.3. The summed E-state index contributed by atoms with van der Waals surface area (Å²) in [7, 11) is 0. The number of nitrogens with two attached hydrogens (primary N) is 5. The number of aliphatic hydroxyl groups excluding tert-OH is 1. The number of unbranched alkanes of at least 4 members (excludes halogenated alkanes) is 4. The number of hydrogen-bond acceptors (Lipinski definition) is 12. The molecule has 0 fully saturated rings. The Bertz CT molecular complexity index is 1070. The predicted molar refractivity (Wildman–Crippen MR) is 195 cm³/mol. The molecule has 0 unspecified atom stereocenters. The molecule has 6 atom stereocenters. The fourth-order valence-corrected chi connectivity index (χ4v) is 4.97. The van der Waals surface area contributed by atoms with Crippen molar-refractivity contribution in [2.45, 2.75) is 114 Å². The van der Waals surface area contributed by atoms with Crippen molar-refractivity contribution in [3.8, 4) is 0 Å². The van der Waals surface area contributed by atoms with E-state index in [0.717, 1.165) is 6.08 Å². The molecule has 50 heavy (non-hydrogen) atoms. The third-order valence-electron chi connectivity index (χ3n) is 7.93. The van der Waals surface area contributed by atoms with E-state index >= 15 is 0 Å². The summed E-state index contributed by atoms with van der Waals surface area (Å²) in [5.41, 5.74) is 28.0. The van der Waals surface area contributed by atoms with Crippen molar-refractivity contribution in [3.05, 3.63) is 12.3 Å². The largest absolute Gasteiger partial charge is 0.516 e. The van der Waals surface area contributed by atoms with E-state index in [9.17, 15) is 33.9 Å². The summed E-state index contributed by atoms with van der Waals surface area (Å²) < 4.78 is 0. The van der Waals surface area contributed by atoms with Gasteiger partial charge in [-0.25, -0.2) is 0 Å². The van der Waals surface area contributed by atoms with Gasteiger partial charge in [-0.2, -0.15) is 12.6 Å². The first-order valence-electron chi connectivity index (χ1n) is 17.4. The SMILES string of the molecule is C[C@@H](CS)C(=O)N[C@@H](/C=C/O)C(=O)N[C@@H](CCCCN)C(=O)N[C@@H](CCCCN)C(=O)N[C@@H](CCCCN)C(=O)N[C@@H](CCCCN)C(N)=O. The summed E-state index contributed by atoms with van der Waals surface area (Å²) in [4.78, 5) is 78.5. The van der Waals surface area contributed by atoms with E-state index in [0.29, 0.717) is 83.8 Å². The summed E-state index contributed by atoms with van der Waals surface area (Å²) in [5.74, 6) is -4.22. The molecule has 0 spiro atoms. The lowest BCUT2D eigenvalue weighted by Crippen LogP contribution is -2.59. The molecule has 16 N–H and O–H groups in total. The molecule has 0 aliphatic heterocycles. The number of aliphatic hydroxyl groups is 1. The molecule has 0 rings (SSSR count). The number of nitrogens with one attached hydrogen (secondary N) is 5. The lowest BCUT2D eigenvalue weighted by atomic mass is 10.0. The number of thiol groups is 1. The van der Waals surface area contributed by atoms with Crippen molar-refractivity contribution in [2.75, 3.05) is 31.9 Å². The molecule has 0 radical (unpaired) electrons. The van der Waals surface area contributed by atoms with Gasteiger partial charge in [-0.05, 0) is 109 Å². The van der Waals surface area contributed by atoms with Crippen LogP contribution in [0.5, 0.6) is 0 Å². The van der Waals surface area contributed by atoms with Gasteiger partial charge in [0.05, 0.1) is 6.26 Å². The topological polar surface area (TPSA) is 313 Å². The number of carbonyl (C=O) groups is 6. The van der Waals surface area contributed by atoms with Crippen LogP contribution in [0.1, 0.15) is 84.0 Å². The molecule has 0 aliphatic rings. The van der Waals surface area contributed by atoms with E-state index in [4.69, 9.17) is 28.7 Å². The Labute approximate surface area is 301 Å². The highest BCUT2D eigenvalue weighted by molar-refractivity contribution is 7.80. The van der Waals surface area contributed by atoms with Gasteiger partial charge < -0.3 is 60.4 Å². The molecule has 6 amide bonds. The van der Waals surface area contributed by atoms with Crippen LogP contribution in [-0.4, -0.2) is 103 Å². The van der Waals surface area contributed by atoms with Crippen LogP contribution in [0, 0.1) is 5.92 Å². The lowest BCUT2D eigenvalue weighted by Gasteiger charge is -2.27. The highest BCUT2D eigenvalue weighted by Gasteiger charge is 2.32. The van der Waals surface area contributed by atoms with Crippen LogP contribution in [0.2, 0.25) is 0 Å². The number of carbonyl (C=O) groups excluding carboxylic acids is 6. The van der Waals surface area contributed by atoms with E-state index in [1.807, 2.05) is 0 Å². The monoisotopic (exact) mass is 730 g/mol. The van der Waals surface area contributed by atoms with E-state index in [2.05, 4.69) is 39.2 Å². The van der Waals surface area contributed by atoms with E-state index in [1.54, 1.807) is 6.92 Å².